The maximum Gasteiger partial charge on any atom is 0.421 e. The first-order valence-corrected chi connectivity index (χ1v) is 14.4. The summed E-state index contributed by atoms with van der Waals surface area (Å²) in [6.07, 6.45) is -2.62. The zero-order valence-electron chi connectivity index (χ0n) is 21.2. The summed E-state index contributed by atoms with van der Waals surface area (Å²) in [7, 11) is -3.51. The number of anilines is 1. The van der Waals surface area contributed by atoms with E-state index < -0.39 is 45.0 Å². The molecule has 2 aromatic rings. The first-order chi connectivity index (χ1) is 18.3. The lowest BCUT2D eigenvalue weighted by atomic mass is 9.95. The van der Waals surface area contributed by atoms with Crippen LogP contribution in [0.25, 0.3) is 0 Å². The molecule has 2 N–H and O–H groups in total. The number of nitrogens with zero attached hydrogens (tertiary/aromatic N) is 1. The Kier molecular flexibility index (Phi) is 7.01. The highest BCUT2D eigenvalue weighted by Gasteiger charge is 2.51. The third kappa shape index (κ3) is 5.42. The van der Waals surface area contributed by atoms with Crippen LogP contribution in [0.4, 0.5) is 18.9 Å². The highest BCUT2D eigenvalue weighted by atomic mass is 32.2. The normalized spacial score (nSPS) is 22.8. The Labute approximate surface area is 224 Å². The van der Waals surface area contributed by atoms with Crippen LogP contribution >= 0.6 is 0 Å². The smallest absolute Gasteiger partial charge is 0.381 e. The maximum atomic E-state index is 13.5. The average Bonchev–Trinajstić information content (AvgIpc) is 3.36. The fourth-order valence-corrected chi connectivity index (χ4v) is 6.76. The van der Waals surface area contributed by atoms with Crippen LogP contribution in [0.2, 0.25) is 0 Å². The van der Waals surface area contributed by atoms with Gasteiger partial charge in [-0.3, -0.25) is 9.59 Å². The molecule has 1 saturated heterocycles. The second kappa shape index (κ2) is 9.90. The lowest BCUT2D eigenvalue weighted by Gasteiger charge is -2.27. The van der Waals surface area contributed by atoms with Crippen LogP contribution in [-0.2, 0) is 36.3 Å². The Morgan fingerprint density at radius 3 is 2.38 bits per heavy atom. The SMILES string of the molecule is CC(O)(c1ccc(NC(=O)C2c3ccc(S(=O)(=O)CC4CC4)cc3CN2C(=O)C2CCOC2)cc1)C(F)(F)F. The van der Waals surface area contributed by atoms with Crippen molar-refractivity contribution in [2.75, 3.05) is 24.3 Å². The molecule has 0 bridgehead atoms. The molecule has 8 nitrogen and oxygen atoms in total. The number of ether oxygens (including phenoxy) is 1. The molecule has 2 aliphatic heterocycles. The van der Waals surface area contributed by atoms with Crippen LogP contribution in [-0.4, -0.2) is 55.4 Å². The molecule has 2 aromatic carbocycles. The molecule has 3 atom stereocenters. The van der Waals surface area contributed by atoms with Gasteiger partial charge in [0, 0.05) is 18.8 Å². The van der Waals surface area contributed by atoms with Crippen molar-refractivity contribution in [1.29, 1.82) is 0 Å². The van der Waals surface area contributed by atoms with Gasteiger partial charge >= 0.3 is 6.18 Å². The van der Waals surface area contributed by atoms with Gasteiger partial charge in [0.25, 0.3) is 5.91 Å². The van der Waals surface area contributed by atoms with Gasteiger partial charge in [0.1, 0.15) is 6.04 Å². The summed E-state index contributed by atoms with van der Waals surface area (Å²) >= 11 is 0. The van der Waals surface area contributed by atoms with Crippen molar-refractivity contribution in [3.63, 3.8) is 0 Å². The molecular weight excluding hydrogens is 537 g/mol. The molecule has 2 heterocycles. The van der Waals surface area contributed by atoms with Crippen LogP contribution in [0.3, 0.4) is 0 Å². The number of rotatable bonds is 7. The van der Waals surface area contributed by atoms with Crippen LogP contribution in [0.5, 0.6) is 0 Å². The van der Waals surface area contributed by atoms with Crippen LogP contribution in [0.1, 0.15) is 48.9 Å². The number of halogens is 3. The summed E-state index contributed by atoms with van der Waals surface area (Å²) < 4.78 is 70.6. The minimum Gasteiger partial charge on any atom is -0.381 e. The summed E-state index contributed by atoms with van der Waals surface area (Å²) in [5, 5.41) is 12.5. The number of alkyl halides is 3. The Hall–Kier alpha value is -2.96. The summed E-state index contributed by atoms with van der Waals surface area (Å²) in [4.78, 5) is 28.4. The number of amides is 2. The summed E-state index contributed by atoms with van der Waals surface area (Å²) in [5.74, 6) is -1.09. The third-order valence-electron chi connectivity index (χ3n) is 7.65. The number of nitrogens with one attached hydrogen (secondary N) is 1. The van der Waals surface area contributed by atoms with Crippen LogP contribution in [0.15, 0.2) is 47.4 Å². The third-order valence-corrected chi connectivity index (χ3v) is 9.53. The first kappa shape index (κ1) is 27.6. The molecule has 1 saturated carbocycles. The Bertz CT molecular complexity index is 1380. The monoisotopic (exact) mass is 566 g/mol. The number of hydrogen-bond donors (Lipinski definition) is 2. The molecule has 3 unspecified atom stereocenters. The number of carbonyl (C=O) groups is 2. The number of benzene rings is 2. The Balaban J connectivity index is 1.42. The average molecular weight is 567 g/mol. The molecule has 3 aliphatic rings. The van der Waals surface area contributed by atoms with Gasteiger partial charge in [-0.05, 0) is 73.1 Å². The predicted molar refractivity (Wildman–Crippen MR) is 134 cm³/mol. The molecule has 2 amide bonds. The van der Waals surface area contributed by atoms with Crippen LogP contribution < -0.4 is 5.32 Å². The lowest BCUT2D eigenvalue weighted by molar-refractivity contribution is -0.258. The van der Waals surface area contributed by atoms with Crippen molar-refractivity contribution in [2.45, 2.75) is 55.4 Å². The standard InChI is InChI=1S/C27H29F3N2O6S/c1-26(35,27(28,29)30)19-4-6-20(7-5-19)31-24(33)23-22-9-8-21(39(36,37)15-16-2-3-16)12-18(22)13-32(23)25(34)17-10-11-38-14-17/h4-9,12,16-17,23,35H,2-3,10-11,13-15H2,1H3,(H,31,33). The van der Waals surface area contributed by atoms with Gasteiger partial charge in [-0.15, -0.1) is 0 Å². The Morgan fingerprint density at radius 1 is 1.10 bits per heavy atom. The number of aliphatic hydroxyl groups is 1. The number of fused-ring (bicyclic) bond motifs is 1. The molecule has 39 heavy (non-hydrogen) atoms. The van der Waals surface area contributed by atoms with Gasteiger partial charge in [0.2, 0.25) is 5.91 Å². The van der Waals surface area contributed by atoms with E-state index in [1.807, 2.05) is 0 Å². The number of sulfone groups is 1. The van der Waals surface area contributed by atoms with Gasteiger partial charge in [-0.1, -0.05) is 18.2 Å². The van der Waals surface area contributed by atoms with E-state index in [-0.39, 0.29) is 41.3 Å². The van der Waals surface area contributed by atoms with E-state index in [9.17, 15) is 36.3 Å². The van der Waals surface area contributed by atoms with Gasteiger partial charge in [-0.2, -0.15) is 13.2 Å². The van der Waals surface area contributed by atoms with E-state index in [0.717, 1.165) is 25.0 Å². The van der Waals surface area contributed by atoms with Crippen molar-refractivity contribution < 1.29 is 41.0 Å². The summed E-state index contributed by atoms with van der Waals surface area (Å²) in [6, 6.07) is 8.11. The second-order valence-electron chi connectivity index (χ2n) is 10.7. The first-order valence-electron chi connectivity index (χ1n) is 12.7. The molecule has 0 radical (unpaired) electrons. The van der Waals surface area contributed by atoms with E-state index in [0.29, 0.717) is 31.1 Å². The second-order valence-corrected chi connectivity index (χ2v) is 12.7. The van der Waals surface area contributed by atoms with E-state index >= 15 is 0 Å². The number of carbonyl (C=O) groups excluding carboxylic acids is 2. The van der Waals surface area contributed by atoms with Gasteiger partial charge in [0.15, 0.2) is 15.4 Å². The van der Waals surface area contributed by atoms with Crippen molar-refractivity contribution >= 4 is 27.3 Å². The topological polar surface area (TPSA) is 113 Å². The zero-order chi connectivity index (χ0) is 28.2. The molecular formula is C27H29F3N2O6S. The molecule has 210 valence electrons. The lowest BCUT2D eigenvalue weighted by Crippen LogP contribution is -2.40. The minimum absolute atomic E-state index is 0.0446. The summed E-state index contributed by atoms with van der Waals surface area (Å²) in [5.41, 5.74) is -2.24. The zero-order valence-corrected chi connectivity index (χ0v) is 22.0. The molecule has 2 fully saturated rings. The molecule has 0 aromatic heterocycles. The van der Waals surface area contributed by atoms with E-state index in [4.69, 9.17) is 4.74 Å². The van der Waals surface area contributed by atoms with Crippen molar-refractivity contribution in [3.8, 4) is 0 Å². The predicted octanol–water partition coefficient (Wildman–Crippen LogP) is 3.70. The van der Waals surface area contributed by atoms with E-state index in [2.05, 4.69) is 5.32 Å². The fraction of sp³-hybridized carbons (Fsp3) is 0.481. The van der Waals surface area contributed by atoms with Gasteiger partial charge in [-0.25, -0.2) is 8.42 Å². The van der Waals surface area contributed by atoms with E-state index in [1.54, 1.807) is 6.07 Å². The summed E-state index contributed by atoms with van der Waals surface area (Å²) in [6.45, 7) is 1.33. The van der Waals surface area contributed by atoms with Crippen molar-refractivity contribution in [2.24, 2.45) is 11.8 Å². The number of hydrogen-bond acceptors (Lipinski definition) is 6. The Morgan fingerprint density at radius 2 is 1.79 bits per heavy atom. The molecule has 0 spiro atoms. The van der Waals surface area contributed by atoms with Gasteiger partial charge in [0.05, 0.1) is 23.2 Å². The van der Waals surface area contributed by atoms with E-state index in [1.165, 1.54) is 29.2 Å². The molecule has 5 rings (SSSR count). The van der Waals surface area contributed by atoms with Crippen LogP contribution in [0, 0.1) is 11.8 Å². The van der Waals surface area contributed by atoms with Crippen molar-refractivity contribution in [1.82, 2.24) is 4.90 Å². The highest BCUT2D eigenvalue weighted by Crippen LogP contribution is 2.40. The minimum atomic E-state index is -4.89. The van der Waals surface area contributed by atoms with Crippen molar-refractivity contribution in [3.05, 3.63) is 59.2 Å². The quantitative estimate of drug-likeness (QED) is 0.529. The molecule has 1 aliphatic carbocycles. The maximum absolute atomic E-state index is 13.5. The van der Waals surface area contributed by atoms with Gasteiger partial charge < -0.3 is 20.1 Å². The fourth-order valence-electron chi connectivity index (χ4n) is 5.02. The highest BCUT2D eigenvalue weighted by molar-refractivity contribution is 7.91. The molecule has 12 heteroatoms. The largest absolute Gasteiger partial charge is 0.421 e.